The lowest BCUT2D eigenvalue weighted by molar-refractivity contribution is -0.114. The molecule has 0 aliphatic heterocycles. The smallest absolute Gasteiger partial charge is 0.237 e. The number of para-hydroxylation sites is 1. The predicted octanol–water partition coefficient (Wildman–Crippen LogP) is 3.52. The van der Waals surface area contributed by atoms with Crippen LogP contribution in [-0.4, -0.2) is 32.5 Å². The lowest BCUT2D eigenvalue weighted by Gasteiger charge is -2.08. The fourth-order valence-electron chi connectivity index (χ4n) is 2.55. The second-order valence-corrected chi connectivity index (χ2v) is 8.07. The van der Waals surface area contributed by atoms with E-state index in [1.54, 1.807) is 24.3 Å². The Bertz CT molecular complexity index is 1070. The molecule has 8 heteroatoms. The lowest BCUT2D eigenvalue weighted by Crippen LogP contribution is -2.26. The average Bonchev–Trinajstić information content (AvgIpc) is 2.64. The SMILES string of the molecule is Cc1ccc(NC(=O)C[S@](=O)CC(=O)Nc2cnc3ccccc3c2)cc1Cl. The maximum Gasteiger partial charge on any atom is 0.237 e. The molecular formula is C20H18ClN3O3S. The van der Waals surface area contributed by atoms with Gasteiger partial charge in [-0.15, -0.1) is 0 Å². The largest absolute Gasteiger partial charge is 0.325 e. The zero-order chi connectivity index (χ0) is 20.1. The minimum absolute atomic E-state index is 0.283. The summed E-state index contributed by atoms with van der Waals surface area (Å²) in [6, 6.07) is 14.4. The zero-order valence-corrected chi connectivity index (χ0v) is 16.6. The number of pyridine rings is 1. The van der Waals surface area contributed by atoms with E-state index >= 15 is 0 Å². The van der Waals surface area contributed by atoms with E-state index in [1.807, 2.05) is 31.2 Å². The van der Waals surface area contributed by atoms with Gasteiger partial charge in [-0.1, -0.05) is 35.9 Å². The van der Waals surface area contributed by atoms with Gasteiger partial charge in [-0.05, 0) is 36.8 Å². The molecule has 0 bridgehead atoms. The third kappa shape index (κ3) is 5.37. The maximum atomic E-state index is 12.1. The molecular weight excluding hydrogens is 398 g/mol. The summed E-state index contributed by atoms with van der Waals surface area (Å²) in [7, 11) is -1.64. The summed E-state index contributed by atoms with van der Waals surface area (Å²) >= 11 is 6.02. The van der Waals surface area contributed by atoms with Crippen LogP contribution < -0.4 is 10.6 Å². The van der Waals surface area contributed by atoms with Crippen molar-refractivity contribution in [3.05, 3.63) is 65.3 Å². The molecule has 144 valence electrons. The van der Waals surface area contributed by atoms with Gasteiger partial charge in [0.15, 0.2) is 0 Å². The van der Waals surface area contributed by atoms with Crippen LogP contribution in [0, 0.1) is 6.92 Å². The highest BCUT2D eigenvalue weighted by atomic mass is 35.5. The highest BCUT2D eigenvalue weighted by molar-refractivity contribution is 7.86. The Balaban J connectivity index is 1.52. The van der Waals surface area contributed by atoms with Crippen molar-refractivity contribution in [1.82, 2.24) is 4.98 Å². The van der Waals surface area contributed by atoms with Crippen molar-refractivity contribution in [2.45, 2.75) is 6.92 Å². The van der Waals surface area contributed by atoms with Gasteiger partial charge in [-0.3, -0.25) is 18.8 Å². The van der Waals surface area contributed by atoms with Gasteiger partial charge in [0.1, 0.15) is 11.5 Å². The number of rotatable bonds is 6. The van der Waals surface area contributed by atoms with Gasteiger partial charge in [0.05, 0.1) is 17.4 Å². The van der Waals surface area contributed by atoms with E-state index in [1.165, 1.54) is 6.20 Å². The van der Waals surface area contributed by atoms with E-state index in [4.69, 9.17) is 11.6 Å². The number of hydrogen-bond donors (Lipinski definition) is 2. The summed E-state index contributed by atoms with van der Waals surface area (Å²) in [6.07, 6.45) is 1.54. The molecule has 0 fully saturated rings. The van der Waals surface area contributed by atoms with Crippen LogP contribution in [0.25, 0.3) is 10.9 Å². The van der Waals surface area contributed by atoms with Crippen LogP contribution in [0.2, 0.25) is 5.02 Å². The second-order valence-electron chi connectivity index (χ2n) is 6.21. The topological polar surface area (TPSA) is 88.2 Å². The minimum atomic E-state index is -1.64. The fraction of sp³-hybridized carbons (Fsp3) is 0.150. The van der Waals surface area contributed by atoms with Crippen LogP contribution in [0.4, 0.5) is 11.4 Å². The first-order chi connectivity index (χ1) is 13.4. The summed E-state index contributed by atoms with van der Waals surface area (Å²) in [5.74, 6) is -1.45. The quantitative estimate of drug-likeness (QED) is 0.644. The molecule has 0 radical (unpaired) electrons. The number of halogens is 1. The first-order valence-corrected chi connectivity index (χ1v) is 10.3. The summed E-state index contributed by atoms with van der Waals surface area (Å²) < 4.78 is 12.1. The van der Waals surface area contributed by atoms with Gasteiger partial charge in [0, 0.05) is 26.9 Å². The van der Waals surface area contributed by atoms with Gasteiger partial charge in [-0.25, -0.2) is 0 Å². The third-order valence-electron chi connectivity index (χ3n) is 3.91. The molecule has 0 saturated heterocycles. The summed E-state index contributed by atoms with van der Waals surface area (Å²) in [6.45, 7) is 1.85. The maximum absolute atomic E-state index is 12.1. The molecule has 2 aromatic carbocycles. The van der Waals surface area contributed by atoms with Crippen molar-refractivity contribution in [2.24, 2.45) is 0 Å². The molecule has 0 unspecified atom stereocenters. The molecule has 1 heterocycles. The van der Waals surface area contributed by atoms with E-state index in [0.29, 0.717) is 16.4 Å². The van der Waals surface area contributed by atoms with Crippen molar-refractivity contribution in [3.63, 3.8) is 0 Å². The molecule has 0 saturated carbocycles. The predicted molar refractivity (Wildman–Crippen MR) is 113 cm³/mol. The number of anilines is 2. The molecule has 2 N–H and O–H groups in total. The number of carbonyl (C=O) groups excluding carboxylic acids is 2. The third-order valence-corrected chi connectivity index (χ3v) is 5.49. The highest BCUT2D eigenvalue weighted by Crippen LogP contribution is 2.20. The first kappa shape index (κ1) is 20.0. The summed E-state index contributed by atoms with van der Waals surface area (Å²) in [5, 5.41) is 6.70. The standard InChI is InChI=1S/C20H18ClN3O3S/c1-13-6-7-15(9-17(13)21)23-19(25)11-28(27)12-20(26)24-16-8-14-4-2-3-5-18(14)22-10-16/h2-10H,11-12H2,1H3,(H,23,25)(H,24,26)/t28-/m0/s1. The monoisotopic (exact) mass is 415 g/mol. The number of carbonyl (C=O) groups is 2. The number of benzene rings is 2. The van der Waals surface area contributed by atoms with Gasteiger partial charge in [-0.2, -0.15) is 0 Å². The number of hydrogen-bond acceptors (Lipinski definition) is 4. The van der Waals surface area contributed by atoms with Gasteiger partial charge >= 0.3 is 0 Å². The Labute approximate surface area is 169 Å². The van der Waals surface area contributed by atoms with Gasteiger partial charge < -0.3 is 10.6 Å². The Morgan fingerprint density at radius 1 is 1.00 bits per heavy atom. The Kier molecular flexibility index (Phi) is 6.38. The molecule has 3 rings (SSSR count). The second kappa shape index (κ2) is 8.95. The normalized spacial score (nSPS) is 11.8. The highest BCUT2D eigenvalue weighted by Gasteiger charge is 2.13. The van der Waals surface area contributed by atoms with Crippen LogP contribution in [0.5, 0.6) is 0 Å². The van der Waals surface area contributed by atoms with Crippen molar-refractivity contribution < 1.29 is 13.8 Å². The van der Waals surface area contributed by atoms with Crippen LogP contribution in [0.3, 0.4) is 0 Å². The Hall–Kier alpha value is -2.77. The zero-order valence-electron chi connectivity index (χ0n) is 15.1. The molecule has 2 amide bonds. The molecule has 6 nitrogen and oxygen atoms in total. The van der Waals surface area contributed by atoms with E-state index in [2.05, 4.69) is 15.6 Å². The molecule has 1 atom stereocenters. The van der Waals surface area contributed by atoms with E-state index in [-0.39, 0.29) is 11.5 Å². The minimum Gasteiger partial charge on any atom is -0.325 e. The van der Waals surface area contributed by atoms with E-state index < -0.39 is 22.6 Å². The number of aromatic nitrogens is 1. The molecule has 3 aromatic rings. The molecule has 0 aliphatic rings. The Morgan fingerprint density at radius 2 is 1.68 bits per heavy atom. The van der Waals surface area contributed by atoms with Crippen LogP contribution in [0.1, 0.15) is 5.56 Å². The molecule has 28 heavy (non-hydrogen) atoms. The number of amides is 2. The van der Waals surface area contributed by atoms with Crippen molar-refractivity contribution in [2.75, 3.05) is 22.1 Å². The number of nitrogens with zero attached hydrogens (tertiary/aromatic N) is 1. The number of aryl methyl sites for hydroxylation is 1. The van der Waals surface area contributed by atoms with E-state index in [0.717, 1.165) is 16.5 Å². The number of fused-ring (bicyclic) bond motifs is 1. The van der Waals surface area contributed by atoms with Gasteiger partial charge in [0.25, 0.3) is 0 Å². The van der Waals surface area contributed by atoms with Crippen molar-refractivity contribution in [3.8, 4) is 0 Å². The van der Waals surface area contributed by atoms with Crippen LogP contribution in [-0.2, 0) is 20.4 Å². The van der Waals surface area contributed by atoms with E-state index in [9.17, 15) is 13.8 Å². The van der Waals surface area contributed by atoms with Crippen molar-refractivity contribution in [1.29, 1.82) is 0 Å². The van der Waals surface area contributed by atoms with Crippen LogP contribution >= 0.6 is 11.6 Å². The molecule has 0 spiro atoms. The molecule has 1 aromatic heterocycles. The van der Waals surface area contributed by atoms with Crippen LogP contribution in [0.15, 0.2) is 54.7 Å². The Morgan fingerprint density at radius 3 is 2.39 bits per heavy atom. The fourth-order valence-corrected chi connectivity index (χ4v) is 3.56. The number of nitrogens with one attached hydrogen (secondary N) is 2. The average molecular weight is 416 g/mol. The summed E-state index contributed by atoms with van der Waals surface area (Å²) in [4.78, 5) is 28.4. The molecule has 0 aliphatic carbocycles. The summed E-state index contributed by atoms with van der Waals surface area (Å²) in [5.41, 5.74) is 2.74. The first-order valence-electron chi connectivity index (χ1n) is 8.46. The van der Waals surface area contributed by atoms with Crippen molar-refractivity contribution >= 4 is 56.5 Å². The van der Waals surface area contributed by atoms with Gasteiger partial charge in [0.2, 0.25) is 11.8 Å². The lowest BCUT2D eigenvalue weighted by atomic mass is 10.2.